The predicted molar refractivity (Wildman–Crippen MR) is 96.9 cm³/mol. The first kappa shape index (κ1) is 20.1. The first-order valence-corrected chi connectivity index (χ1v) is 8.90. The number of hydrogen-bond donors (Lipinski definition) is 3. The Morgan fingerprint density at radius 3 is 2.82 bits per heavy atom. The number of aromatic amines is 1. The van der Waals surface area contributed by atoms with Crippen LogP contribution in [-0.2, 0) is 12.7 Å². The molecule has 1 heterocycles. The smallest absolute Gasteiger partial charge is 0.383 e. The van der Waals surface area contributed by atoms with Crippen molar-refractivity contribution in [1.82, 2.24) is 15.5 Å². The van der Waals surface area contributed by atoms with E-state index in [4.69, 9.17) is 17.1 Å². The molecule has 0 spiro atoms. The third-order valence-corrected chi connectivity index (χ3v) is 5.13. The minimum atomic E-state index is -4.43. The summed E-state index contributed by atoms with van der Waals surface area (Å²) in [6, 6.07) is 5.36. The average Bonchev–Trinajstić information content (AvgIpc) is 2.68. The molecule has 1 aromatic heterocycles. The summed E-state index contributed by atoms with van der Waals surface area (Å²) in [5.41, 5.74) is 8.00. The Hall–Kier alpha value is -2.68. The number of nitrogens with one attached hydrogen (secondary N) is 3. The number of H-pyrrole nitrogens is 1. The predicted octanol–water partition coefficient (Wildman–Crippen LogP) is 4.74. The normalized spacial score (nSPS) is 17.5. The molecule has 1 aromatic carbocycles. The van der Waals surface area contributed by atoms with Gasteiger partial charge in [-0.1, -0.05) is 29.8 Å². The van der Waals surface area contributed by atoms with E-state index >= 15 is 0 Å². The molecular formula is C18H17ClF3N5O. The lowest BCUT2D eigenvalue weighted by molar-refractivity contribution is -0.138. The molecule has 0 bridgehead atoms. The number of alkyl halides is 3. The highest BCUT2D eigenvalue weighted by Gasteiger charge is 2.33. The Labute approximate surface area is 163 Å². The number of benzene rings is 1. The van der Waals surface area contributed by atoms with Crippen molar-refractivity contribution in [3.8, 4) is 0 Å². The van der Waals surface area contributed by atoms with Crippen molar-refractivity contribution < 1.29 is 13.2 Å². The molecule has 10 heteroatoms. The number of hydrogen-bond acceptors (Lipinski definition) is 5. The fourth-order valence-corrected chi connectivity index (χ4v) is 3.57. The first-order valence-electron chi connectivity index (χ1n) is 8.52. The van der Waals surface area contributed by atoms with Crippen LogP contribution in [0.3, 0.4) is 0 Å². The van der Waals surface area contributed by atoms with Gasteiger partial charge in [0.15, 0.2) is 0 Å². The third-order valence-electron chi connectivity index (χ3n) is 4.74. The van der Waals surface area contributed by atoms with Crippen molar-refractivity contribution in [2.75, 3.05) is 0 Å². The summed E-state index contributed by atoms with van der Waals surface area (Å²) in [5.74, 6) is -0.139. The second kappa shape index (κ2) is 8.14. The van der Waals surface area contributed by atoms with Crippen LogP contribution in [-0.4, -0.2) is 10.2 Å². The van der Waals surface area contributed by atoms with Gasteiger partial charge in [-0.15, -0.1) is 0 Å². The maximum Gasteiger partial charge on any atom is 0.416 e. The lowest BCUT2D eigenvalue weighted by Gasteiger charge is -2.26. The molecule has 6 nitrogen and oxygen atoms in total. The van der Waals surface area contributed by atoms with E-state index < -0.39 is 17.3 Å². The molecule has 1 atom stereocenters. The van der Waals surface area contributed by atoms with Crippen LogP contribution < -0.4 is 10.9 Å². The standard InChI is InChI=1S/C18H17ClF3N5O/c19-16-12(9-25-27-17(16)28)10-5-6-14(15(7-10)26-23)24-8-11-3-1-2-4-13(11)18(20,21)22/h1-4,9-10,23-24H,5-8H2,(H,27,28). The van der Waals surface area contributed by atoms with Gasteiger partial charge in [0.2, 0.25) is 0 Å². The monoisotopic (exact) mass is 411 g/mol. The molecule has 0 fully saturated rings. The van der Waals surface area contributed by atoms with E-state index in [0.717, 1.165) is 6.07 Å². The zero-order chi connectivity index (χ0) is 20.3. The number of rotatable bonds is 5. The van der Waals surface area contributed by atoms with Gasteiger partial charge in [0, 0.05) is 18.7 Å². The summed E-state index contributed by atoms with van der Waals surface area (Å²) < 4.78 is 39.4. The van der Waals surface area contributed by atoms with Crippen LogP contribution in [0.15, 0.2) is 51.8 Å². The molecule has 3 N–H and O–H groups in total. The maximum atomic E-state index is 13.1. The molecule has 1 unspecified atom stereocenters. The number of halogens is 4. The summed E-state index contributed by atoms with van der Waals surface area (Å²) in [6.07, 6.45) is -1.53. The summed E-state index contributed by atoms with van der Waals surface area (Å²) in [5, 5.41) is 12.6. The molecule has 0 saturated carbocycles. The molecule has 0 amide bonds. The maximum absolute atomic E-state index is 13.1. The highest BCUT2D eigenvalue weighted by Crippen LogP contribution is 2.38. The second-order valence-corrected chi connectivity index (χ2v) is 6.83. The molecule has 1 aliphatic rings. The molecule has 0 saturated heterocycles. The number of aromatic nitrogens is 2. The molecule has 148 valence electrons. The van der Waals surface area contributed by atoms with Gasteiger partial charge in [-0.2, -0.15) is 23.4 Å². The highest BCUT2D eigenvalue weighted by molar-refractivity contribution is 6.31. The van der Waals surface area contributed by atoms with Crippen LogP contribution in [0.2, 0.25) is 5.02 Å². The van der Waals surface area contributed by atoms with Crippen molar-refractivity contribution in [2.24, 2.45) is 5.11 Å². The van der Waals surface area contributed by atoms with Crippen LogP contribution in [0.25, 0.3) is 0 Å². The van der Waals surface area contributed by atoms with Crippen molar-refractivity contribution >= 4 is 11.6 Å². The average molecular weight is 412 g/mol. The van der Waals surface area contributed by atoms with Crippen molar-refractivity contribution in [2.45, 2.75) is 37.9 Å². The SMILES string of the molecule is N=NC1=C(NCc2ccccc2C(F)(F)F)CCC(c2cn[nH]c(=O)c2Cl)C1. The van der Waals surface area contributed by atoms with E-state index in [1.165, 1.54) is 18.3 Å². The quantitative estimate of drug-likeness (QED) is 0.620. The Morgan fingerprint density at radius 1 is 1.36 bits per heavy atom. The Balaban J connectivity index is 1.79. The zero-order valence-corrected chi connectivity index (χ0v) is 15.4. The number of allylic oxidation sites excluding steroid dienone is 2. The van der Waals surface area contributed by atoms with Gasteiger partial charge in [-0.05, 0) is 36.0 Å². The van der Waals surface area contributed by atoms with Crippen LogP contribution >= 0.6 is 11.6 Å². The molecule has 28 heavy (non-hydrogen) atoms. The molecule has 0 radical (unpaired) electrons. The van der Waals surface area contributed by atoms with Gasteiger partial charge in [0.05, 0.1) is 17.5 Å². The van der Waals surface area contributed by atoms with E-state index in [2.05, 4.69) is 20.6 Å². The Kier molecular flexibility index (Phi) is 5.83. The molecule has 0 aliphatic heterocycles. The first-order chi connectivity index (χ1) is 13.3. The van der Waals surface area contributed by atoms with E-state index in [9.17, 15) is 18.0 Å². The van der Waals surface area contributed by atoms with Crippen molar-refractivity contribution in [3.05, 3.63) is 73.9 Å². The molecule has 1 aliphatic carbocycles. The summed E-state index contributed by atoms with van der Waals surface area (Å²) in [4.78, 5) is 11.6. The van der Waals surface area contributed by atoms with E-state index in [1.54, 1.807) is 6.07 Å². The van der Waals surface area contributed by atoms with Gasteiger partial charge >= 0.3 is 6.18 Å². The molecular weight excluding hydrogens is 395 g/mol. The highest BCUT2D eigenvalue weighted by atomic mass is 35.5. The summed E-state index contributed by atoms with van der Waals surface area (Å²) >= 11 is 6.06. The lowest BCUT2D eigenvalue weighted by Crippen LogP contribution is -2.22. The van der Waals surface area contributed by atoms with Crippen molar-refractivity contribution in [1.29, 1.82) is 5.53 Å². The van der Waals surface area contributed by atoms with Crippen molar-refractivity contribution in [3.63, 3.8) is 0 Å². The van der Waals surface area contributed by atoms with Gasteiger partial charge in [-0.3, -0.25) is 4.79 Å². The Bertz CT molecular complexity index is 970. The van der Waals surface area contributed by atoms with Crippen LogP contribution in [0, 0.1) is 5.53 Å². The van der Waals surface area contributed by atoms with Gasteiger partial charge < -0.3 is 5.32 Å². The van der Waals surface area contributed by atoms with Gasteiger partial charge in [0.25, 0.3) is 5.56 Å². The largest absolute Gasteiger partial charge is 0.416 e. The zero-order valence-electron chi connectivity index (χ0n) is 14.6. The van der Waals surface area contributed by atoms with E-state index in [1.807, 2.05) is 0 Å². The Morgan fingerprint density at radius 2 is 2.11 bits per heavy atom. The minimum Gasteiger partial charge on any atom is -0.383 e. The molecule has 3 rings (SSSR count). The van der Waals surface area contributed by atoms with E-state index in [-0.39, 0.29) is 23.0 Å². The van der Waals surface area contributed by atoms with Gasteiger partial charge in [0.1, 0.15) is 5.02 Å². The van der Waals surface area contributed by atoms with Gasteiger partial charge in [-0.25, -0.2) is 10.6 Å². The van der Waals surface area contributed by atoms with E-state index in [0.29, 0.717) is 36.2 Å². The van der Waals surface area contributed by atoms with Crippen LogP contribution in [0.4, 0.5) is 13.2 Å². The summed E-state index contributed by atoms with van der Waals surface area (Å²) in [7, 11) is 0. The van der Waals surface area contributed by atoms with Crippen LogP contribution in [0.5, 0.6) is 0 Å². The second-order valence-electron chi connectivity index (χ2n) is 6.45. The van der Waals surface area contributed by atoms with Crippen LogP contribution in [0.1, 0.15) is 41.9 Å². The molecule has 2 aromatic rings. The minimum absolute atomic E-state index is 0.0258. The lowest BCUT2D eigenvalue weighted by atomic mass is 9.85. The third kappa shape index (κ3) is 4.24. The fourth-order valence-electron chi connectivity index (χ4n) is 3.33. The topological polar surface area (TPSA) is 94.0 Å². The fraction of sp³-hybridized carbons (Fsp3) is 0.333. The summed E-state index contributed by atoms with van der Waals surface area (Å²) in [6.45, 7) is -0.0258. The number of nitrogens with zero attached hydrogens (tertiary/aromatic N) is 2.